The van der Waals surface area contributed by atoms with Crippen LogP contribution in [0.2, 0.25) is 0 Å². The first kappa shape index (κ1) is 16.1. The molecule has 23 heavy (non-hydrogen) atoms. The van der Waals surface area contributed by atoms with Crippen molar-refractivity contribution in [3.63, 3.8) is 0 Å². The van der Waals surface area contributed by atoms with Crippen LogP contribution in [-0.4, -0.2) is 37.5 Å². The summed E-state index contributed by atoms with van der Waals surface area (Å²) in [6.45, 7) is 0. The van der Waals surface area contributed by atoms with E-state index in [0.29, 0.717) is 5.69 Å². The number of pyridine rings is 1. The van der Waals surface area contributed by atoms with Crippen LogP contribution < -0.4 is 5.32 Å². The van der Waals surface area contributed by atoms with Crippen molar-refractivity contribution in [1.29, 1.82) is 0 Å². The Hall–Kier alpha value is -1.80. The number of hydrogen-bond donors (Lipinski definition) is 2. The van der Waals surface area contributed by atoms with E-state index < -0.39 is 0 Å². The minimum Gasteiger partial charge on any atom is -0.356 e. The lowest BCUT2D eigenvalue weighted by molar-refractivity contribution is 0.0929. The number of carbonyl (C=O) groups is 1. The minimum atomic E-state index is -0.200. The summed E-state index contributed by atoms with van der Waals surface area (Å²) >= 11 is 5.07. The number of rotatable bonds is 6. The highest BCUT2D eigenvalue weighted by Gasteiger charge is 2.21. The van der Waals surface area contributed by atoms with Gasteiger partial charge >= 0.3 is 0 Å². The van der Waals surface area contributed by atoms with Crippen LogP contribution in [-0.2, 0) is 0 Å². The molecule has 0 aromatic carbocycles. The summed E-state index contributed by atoms with van der Waals surface area (Å²) in [6, 6.07) is 7.29. The molecular formula is C15H16BrN5OS. The van der Waals surface area contributed by atoms with Crippen LogP contribution in [0, 0.1) is 0 Å². The predicted octanol–water partition coefficient (Wildman–Crippen LogP) is 3.04. The van der Waals surface area contributed by atoms with Crippen LogP contribution in [0.15, 0.2) is 41.1 Å². The molecule has 0 aliphatic carbocycles. The van der Waals surface area contributed by atoms with Gasteiger partial charge in [0.15, 0.2) is 11.5 Å². The Morgan fingerprint density at radius 1 is 1.48 bits per heavy atom. The van der Waals surface area contributed by atoms with Crippen LogP contribution in [0.4, 0.5) is 0 Å². The zero-order valence-corrected chi connectivity index (χ0v) is 14.9. The van der Waals surface area contributed by atoms with Gasteiger partial charge in [0.2, 0.25) is 0 Å². The fourth-order valence-electron chi connectivity index (χ4n) is 2.33. The van der Waals surface area contributed by atoms with E-state index >= 15 is 0 Å². The third-order valence-electron chi connectivity index (χ3n) is 3.46. The number of nitrogens with one attached hydrogen (secondary N) is 2. The molecule has 1 amide bonds. The first-order chi connectivity index (χ1) is 11.2. The molecule has 0 aliphatic heterocycles. The second kappa shape index (κ2) is 7.18. The van der Waals surface area contributed by atoms with Crippen LogP contribution in [0.5, 0.6) is 0 Å². The summed E-state index contributed by atoms with van der Waals surface area (Å²) in [5.41, 5.74) is 1.29. The maximum atomic E-state index is 12.4. The largest absolute Gasteiger partial charge is 0.356 e. The first-order valence-corrected chi connectivity index (χ1v) is 9.31. The van der Waals surface area contributed by atoms with Crippen molar-refractivity contribution in [1.82, 2.24) is 24.9 Å². The van der Waals surface area contributed by atoms with Gasteiger partial charge < -0.3 is 10.3 Å². The van der Waals surface area contributed by atoms with E-state index in [4.69, 9.17) is 0 Å². The molecule has 6 nitrogen and oxygen atoms in total. The number of halogens is 1. The number of H-pyrrole nitrogens is 1. The van der Waals surface area contributed by atoms with Gasteiger partial charge in [-0.1, -0.05) is 6.07 Å². The molecule has 3 heterocycles. The molecule has 0 saturated carbocycles. The molecule has 2 N–H and O–H groups in total. The molecular weight excluding hydrogens is 378 g/mol. The van der Waals surface area contributed by atoms with E-state index in [1.807, 2.05) is 35.1 Å². The van der Waals surface area contributed by atoms with Gasteiger partial charge in [0, 0.05) is 16.9 Å². The highest BCUT2D eigenvalue weighted by molar-refractivity contribution is 9.10. The van der Waals surface area contributed by atoms with Crippen LogP contribution >= 0.6 is 27.7 Å². The molecule has 3 aromatic rings. The minimum absolute atomic E-state index is 0.158. The third kappa shape index (κ3) is 3.59. The molecule has 0 aliphatic rings. The second-order valence-electron chi connectivity index (χ2n) is 5.03. The molecule has 0 bridgehead atoms. The lowest BCUT2D eigenvalue weighted by Crippen LogP contribution is -2.30. The predicted molar refractivity (Wildman–Crippen MR) is 94.7 cm³/mol. The maximum Gasteiger partial charge on any atom is 0.268 e. The van der Waals surface area contributed by atoms with Gasteiger partial charge in [-0.25, -0.2) is 0 Å². The van der Waals surface area contributed by atoms with Crippen molar-refractivity contribution < 1.29 is 4.79 Å². The highest BCUT2D eigenvalue weighted by atomic mass is 79.9. The Labute approximate surface area is 146 Å². The zero-order valence-electron chi connectivity index (χ0n) is 12.5. The first-order valence-electron chi connectivity index (χ1n) is 7.12. The van der Waals surface area contributed by atoms with Gasteiger partial charge in [-0.05, 0) is 52.6 Å². The van der Waals surface area contributed by atoms with Crippen LogP contribution in [0.3, 0.4) is 0 Å². The average Bonchev–Trinajstić information content (AvgIpc) is 3.17. The van der Waals surface area contributed by atoms with E-state index in [0.717, 1.165) is 28.1 Å². The van der Waals surface area contributed by atoms with Crippen molar-refractivity contribution in [3.05, 3.63) is 52.7 Å². The normalized spacial score (nSPS) is 12.4. The zero-order chi connectivity index (χ0) is 16.2. The molecule has 0 spiro atoms. The maximum absolute atomic E-state index is 12.4. The topological polar surface area (TPSA) is 75.1 Å². The fourth-order valence-corrected chi connectivity index (χ4v) is 3.15. The number of aromatic amines is 1. The van der Waals surface area contributed by atoms with E-state index in [1.165, 1.54) is 0 Å². The van der Waals surface area contributed by atoms with Crippen molar-refractivity contribution in [2.45, 2.75) is 12.5 Å². The summed E-state index contributed by atoms with van der Waals surface area (Å²) in [6.07, 6.45) is 6.47. The lowest BCUT2D eigenvalue weighted by atomic mass is 10.2. The number of hydrogen-bond acceptors (Lipinski definition) is 4. The van der Waals surface area contributed by atoms with Crippen LogP contribution in [0.25, 0.3) is 5.65 Å². The van der Waals surface area contributed by atoms with E-state index in [-0.39, 0.29) is 11.9 Å². The Bertz CT molecular complexity index is 815. The van der Waals surface area contributed by atoms with E-state index in [1.54, 1.807) is 24.0 Å². The Morgan fingerprint density at radius 2 is 2.35 bits per heavy atom. The molecule has 0 saturated heterocycles. The SMILES string of the molecule is CSCCC(NC(=O)c1cc(Br)c[nH]1)c1nnc2ccccn12. The monoisotopic (exact) mass is 393 g/mol. The van der Waals surface area contributed by atoms with Gasteiger partial charge in [0.25, 0.3) is 5.91 Å². The molecule has 3 rings (SSSR count). The van der Waals surface area contributed by atoms with Gasteiger partial charge in [0.1, 0.15) is 5.69 Å². The van der Waals surface area contributed by atoms with E-state index in [2.05, 4.69) is 36.4 Å². The van der Waals surface area contributed by atoms with Gasteiger partial charge in [-0.3, -0.25) is 9.20 Å². The standard InChI is InChI=1S/C15H16BrN5OS/c1-23-7-5-11(18-15(22)12-8-10(16)9-17-12)14-20-19-13-4-2-3-6-21(13)14/h2-4,6,8-9,11,17H,5,7H2,1H3,(H,18,22). The molecule has 0 radical (unpaired) electrons. The average molecular weight is 394 g/mol. The van der Waals surface area contributed by atoms with E-state index in [9.17, 15) is 4.79 Å². The Balaban J connectivity index is 1.87. The molecule has 1 unspecified atom stereocenters. The quantitative estimate of drug-likeness (QED) is 0.674. The van der Waals surface area contributed by atoms with Gasteiger partial charge in [-0.15, -0.1) is 10.2 Å². The Morgan fingerprint density at radius 3 is 3.09 bits per heavy atom. The molecule has 3 aromatic heterocycles. The smallest absolute Gasteiger partial charge is 0.268 e. The number of carbonyl (C=O) groups excluding carboxylic acids is 1. The third-order valence-corrected chi connectivity index (χ3v) is 4.56. The fraction of sp³-hybridized carbons (Fsp3) is 0.267. The molecule has 1 atom stereocenters. The second-order valence-corrected chi connectivity index (χ2v) is 6.93. The molecule has 0 fully saturated rings. The van der Waals surface area contributed by atoms with Crippen molar-refractivity contribution in [2.24, 2.45) is 0 Å². The summed E-state index contributed by atoms with van der Waals surface area (Å²) in [7, 11) is 0. The number of fused-ring (bicyclic) bond motifs is 1. The summed E-state index contributed by atoms with van der Waals surface area (Å²) < 4.78 is 2.76. The number of aromatic nitrogens is 4. The summed E-state index contributed by atoms with van der Waals surface area (Å²) in [4.78, 5) is 15.4. The number of nitrogens with zero attached hydrogens (tertiary/aromatic N) is 3. The lowest BCUT2D eigenvalue weighted by Gasteiger charge is -2.16. The Kier molecular flexibility index (Phi) is 5.02. The number of thioether (sulfide) groups is 1. The van der Waals surface area contributed by atoms with Crippen LogP contribution in [0.1, 0.15) is 28.8 Å². The van der Waals surface area contributed by atoms with Crippen molar-refractivity contribution in [2.75, 3.05) is 12.0 Å². The highest BCUT2D eigenvalue weighted by Crippen LogP contribution is 2.19. The summed E-state index contributed by atoms with van der Waals surface area (Å²) in [5, 5.41) is 11.5. The van der Waals surface area contributed by atoms with Gasteiger partial charge in [-0.2, -0.15) is 11.8 Å². The van der Waals surface area contributed by atoms with Crippen molar-refractivity contribution >= 4 is 39.2 Å². The molecule has 8 heteroatoms. The van der Waals surface area contributed by atoms with Crippen molar-refractivity contribution in [3.8, 4) is 0 Å². The summed E-state index contributed by atoms with van der Waals surface area (Å²) in [5.74, 6) is 1.50. The molecule has 120 valence electrons. The van der Waals surface area contributed by atoms with Gasteiger partial charge in [0.05, 0.1) is 6.04 Å². The number of amides is 1.